The maximum Gasteiger partial charge on any atom is 0.573 e. The van der Waals surface area contributed by atoms with Gasteiger partial charge in [0, 0.05) is 5.22 Å². The average Bonchev–Trinajstić information content (AvgIpc) is 3.15. The molecule has 10 nitrogen and oxygen atoms in total. The van der Waals surface area contributed by atoms with Crippen LogP contribution in [0, 0.1) is 0 Å². The van der Waals surface area contributed by atoms with Crippen LogP contribution in [0.3, 0.4) is 0 Å². The predicted octanol–water partition coefficient (Wildman–Crippen LogP) is 2.60. The molecular formula is C21H14F3N3O7. The van der Waals surface area contributed by atoms with Gasteiger partial charge < -0.3 is 18.9 Å². The van der Waals surface area contributed by atoms with Crippen LogP contribution in [-0.2, 0) is 19.0 Å². The minimum Gasteiger partial charge on any atom is -0.452 e. The van der Waals surface area contributed by atoms with E-state index in [4.69, 9.17) is 9.47 Å². The molecule has 0 spiro atoms. The van der Waals surface area contributed by atoms with Gasteiger partial charge in [0.1, 0.15) is 11.4 Å². The summed E-state index contributed by atoms with van der Waals surface area (Å²) in [6.45, 7) is -0.293. The molecule has 0 aromatic heterocycles. The van der Waals surface area contributed by atoms with E-state index in [1.54, 1.807) is 24.3 Å². The van der Waals surface area contributed by atoms with Gasteiger partial charge in [0.05, 0.1) is 12.8 Å². The van der Waals surface area contributed by atoms with Crippen molar-refractivity contribution in [3.8, 4) is 5.75 Å². The molecule has 2 aromatic rings. The Hall–Kier alpha value is -4.26. The van der Waals surface area contributed by atoms with Gasteiger partial charge in [0.25, 0.3) is 0 Å². The van der Waals surface area contributed by atoms with Gasteiger partial charge in [-0.05, 0) is 35.6 Å². The molecule has 4 rings (SSSR count). The first-order valence-electron chi connectivity index (χ1n) is 9.49. The molecule has 0 fully saturated rings. The van der Waals surface area contributed by atoms with Gasteiger partial charge in [-0.3, -0.25) is 0 Å². The Morgan fingerprint density at radius 3 is 2.44 bits per heavy atom. The Labute approximate surface area is 188 Å². The molecule has 0 radical (unpaired) electrons. The van der Waals surface area contributed by atoms with Crippen molar-refractivity contribution in [3.05, 3.63) is 59.0 Å². The molecule has 1 aliphatic carbocycles. The molecule has 1 heterocycles. The maximum absolute atomic E-state index is 13.1. The predicted molar refractivity (Wildman–Crippen MR) is 107 cm³/mol. The van der Waals surface area contributed by atoms with Crippen LogP contribution in [0.1, 0.15) is 0 Å². The molecule has 0 N–H and O–H groups in total. The van der Waals surface area contributed by atoms with Gasteiger partial charge >= 0.3 is 24.5 Å². The van der Waals surface area contributed by atoms with Crippen LogP contribution in [0.5, 0.6) is 5.75 Å². The van der Waals surface area contributed by atoms with Crippen molar-refractivity contribution < 1.29 is 46.5 Å². The molecule has 2 amide bonds. The van der Waals surface area contributed by atoms with Crippen molar-refractivity contribution in [3.63, 3.8) is 0 Å². The number of amides is 2. The van der Waals surface area contributed by atoms with E-state index < -0.39 is 35.9 Å². The number of fused-ring (bicyclic) bond motifs is 2. The van der Waals surface area contributed by atoms with Crippen LogP contribution in [0.2, 0.25) is 0 Å². The second kappa shape index (κ2) is 8.59. The fourth-order valence-electron chi connectivity index (χ4n) is 3.38. The van der Waals surface area contributed by atoms with Crippen LogP contribution in [0.4, 0.5) is 28.4 Å². The van der Waals surface area contributed by atoms with E-state index in [-0.39, 0.29) is 18.1 Å². The fourth-order valence-corrected chi connectivity index (χ4v) is 3.38. The molecule has 176 valence electrons. The summed E-state index contributed by atoms with van der Waals surface area (Å²) in [6, 6.07) is 10.5. The third-order valence-electron chi connectivity index (χ3n) is 4.80. The Morgan fingerprint density at radius 1 is 1.06 bits per heavy atom. The van der Waals surface area contributed by atoms with Crippen molar-refractivity contribution in [2.24, 2.45) is 10.2 Å². The fraction of sp³-hybridized carbons (Fsp3) is 0.190. The largest absolute Gasteiger partial charge is 0.573 e. The van der Waals surface area contributed by atoms with Gasteiger partial charge in [0.2, 0.25) is 5.60 Å². The Balaban J connectivity index is 1.62. The summed E-state index contributed by atoms with van der Waals surface area (Å²) in [5, 5.41) is 8.88. The van der Waals surface area contributed by atoms with Gasteiger partial charge in [-0.15, -0.1) is 13.2 Å². The number of rotatable bonds is 3. The zero-order valence-corrected chi connectivity index (χ0v) is 17.2. The quantitative estimate of drug-likeness (QED) is 0.493. The Kier molecular flexibility index (Phi) is 5.79. The number of methoxy groups -OCH3 is 1. The highest BCUT2D eigenvalue weighted by atomic mass is 19.4. The van der Waals surface area contributed by atoms with Gasteiger partial charge in [-0.2, -0.15) is 15.1 Å². The monoisotopic (exact) mass is 477 g/mol. The first kappa shape index (κ1) is 22.9. The first-order chi connectivity index (χ1) is 16.1. The summed E-state index contributed by atoms with van der Waals surface area (Å²) in [7, 11) is 0.960. The first-order valence-corrected chi connectivity index (χ1v) is 9.49. The van der Waals surface area contributed by atoms with Crippen molar-refractivity contribution in [2.45, 2.75) is 12.0 Å². The number of halogens is 3. The van der Waals surface area contributed by atoms with E-state index in [1.807, 2.05) is 0 Å². The minimum atomic E-state index is -4.94. The van der Waals surface area contributed by atoms with Crippen LogP contribution < -0.4 is 20.1 Å². The molecule has 0 saturated heterocycles. The standard InChI is InChI=1S/C21H14F3N3O7/c1-31-18(29)27(13-6-8-14(9-7-13)34-21(22,23)24)19(30)33-17(28)20-10-12-4-2-3-5-15(12)16(20)26-25-11-32-20/h2-10H,11H2,1H3. The number of hydrogen-bond donors (Lipinski definition) is 0. The van der Waals surface area contributed by atoms with Crippen molar-refractivity contribution in [1.29, 1.82) is 0 Å². The van der Waals surface area contributed by atoms with Crippen molar-refractivity contribution >= 4 is 35.6 Å². The van der Waals surface area contributed by atoms with E-state index in [0.717, 1.165) is 31.4 Å². The second-order valence-corrected chi connectivity index (χ2v) is 6.83. The number of anilines is 1. The Morgan fingerprint density at radius 2 is 1.76 bits per heavy atom. The van der Waals surface area contributed by atoms with Gasteiger partial charge in [-0.25, -0.2) is 14.4 Å². The molecule has 34 heavy (non-hydrogen) atoms. The zero-order chi connectivity index (χ0) is 24.5. The highest BCUT2D eigenvalue weighted by Gasteiger charge is 2.50. The molecule has 1 unspecified atom stereocenters. The van der Waals surface area contributed by atoms with Crippen LogP contribution >= 0.6 is 0 Å². The van der Waals surface area contributed by atoms with Crippen molar-refractivity contribution in [2.75, 3.05) is 18.7 Å². The van der Waals surface area contributed by atoms with Crippen LogP contribution in [0.15, 0.2) is 58.8 Å². The summed E-state index contributed by atoms with van der Waals surface area (Å²) < 4.78 is 55.9. The number of azo groups is 1. The van der Waals surface area contributed by atoms with E-state index in [9.17, 15) is 27.6 Å². The molecule has 13 heteroatoms. The molecule has 1 atom stereocenters. The second-order valence-electron chi connectivity index (χ2n) is 6.83. The lowest BCUT2D eigenvalue weighted by atomic mass is 10.0. The Bertz CT molecular complexity index is 1310. The molecular weight excluding hydrogens is 463 g/mol. The zero-order valence-electron chi connectivity index (χ0n) is 17.2. The number of esters is 1. The summed E-state index contributed by atoms with van der Waals surface area (Å²) in [4.78, 5) is 38.4. The minimum absolute atomic E-state index is 0.102. The van der Waals surface area contributed by atoms with Gasteiger partial charge in [0.15, 0.2) is 6.73 Å². The maximum atomic E-state index is 13.1. The number of nitrogens with zero attached hydrogens (tertiary/aromatic N) is 3. The summed E-state index contributed by atoms with van der Waals surface area (Å²) in [5.41, 5.74) is -2.03. The molecule has 1 aliphatic heterocycles. The number of alkyl halides is 3. The lowest BCUT2D eigenvalue weighted by Gasteiger charge is -2.28. The van der Waals surface area contributed by atoms with E-state index in [2.05, 4.69) is 19.7 Å². The smallest absolute Gasteiger partial charge is 0.452 e. The van der Waals surface area contributed by atoms with Crippen LogP contribution in [-0.4, -0.2) is 44.0 Å². The molecule has 0 saturated carbocycles. The molecule has 2 aromatic carbocycles. The normalized spacial score (nSPS) is 18.3. The highest BCUT2D eigenvalue weighted by molar-refractivity contribution is 6.14. The number of carbonyl (C=O) groups excluding carboxylic acids is 3. The van der Waals surface area contributed by atoms with E-state index in [0.29, 0.717) is 15.3 Å². The third-order valence-corrected chi connectivity index (χ3v) is 4.80. The number of ether oxygens (including phenoxy) is 4. The lowest BCUT2D eigenvalue weighted by molar-refractivity contribution is -0.274. The third kappa shape index (κ3) is 4.20. The average molecular weight is 477 g/mol. The number of hydrogen-bond acceptors (Lipinski definition) is 9. The number of benzene rings is 2. The topological polar surface area (TPSA) is 116 Å². The van der Waals surface area contributed by atoms with Gasteiger partial charge in [-0.1, -0.05) is 24.3 Å². The SMILES string of the molecule is COC(=O)N(C(=O)OC(=O)C12C=c3ccccc3=C1N=NCO2)c1ccc(OC(F)(F)F)cc1. The van der Waals surface area contributed by atoms with Crippen LogP contribution in [0.25, 0.3) is 11.8 Å². The summed E-state index contributed by atoms with van der Waals surface area (Å²) in [5.74, 6) is -1.80. The van der Waals surface area contributed by atoms with E-state index in [1.165, 1.54) is 6.08 Å². The summed E-state index contributed by atoms with van der Waals surface area (Å²) in [6.07, 6.45) is -6.26. The molecule has 2 aliphatic rings. The molecule has 0 bridgehead atoms. The summed E-state index contributed by atoms with van der Waals surface area (Å²) >= 11 is 0. The highest BCUT2D eigenvalue weighted by Crippen LogP contribution is 2.33. The lowest BCUT2D eigenvalue weighted by Crippen LogP contribution is -2.47. The van der Waals surface area contributed by atoms with Crippen molar-refractivity contribution in [1.82, 2.24) is 0 Å². The number of imide groups is 1. The number of carbonyl (C=O) groups is 3. The van der Waals surface area contributed by atoms with E-state index >= 15 is 0 Å².